The van der Waals surface area contributed by atoms with E-state index >= 15 is 0 Å². The fourth-order valence-corrected chi connectivity index (χ4v) is 2.13. The molecule has 86 valence electrons. The third kappa shape index (κ3) is 2.23. The molecule has 4 nitrogen and oxygen atoms in total. The summed E-state index contributed by atoms with van der Waals surface area (Å²) in [6.07, 6.45) is -0.00944. The summed E-state index contributed by atoms with van der Waals surface area (Å²) in [6.45, 7) is 1.35. The predicted molar refractivity (Wildman–Crippen MR) is 58.8 cm³/mol. The molecule has 4 heteroatoms. The van der Waals surface area contributed by atoms with E-state index in [9.17, 15) is 9.90 Å². The molecule has 0 spiro atoms. The van der Waals surface area contributed by atoms with Gasteiger partial charge < -0.3 is 10.2 Å². The number of carboxylic acids is 1. The molecule has 0 saturated heterocycles. The van der Waals surface area contributed by atoms with Crippen LogP contribution in [0.3, 0.4) is 0 Å². The highest BCUT2D eigenvalue weighted by Gasteiger charge is 2.26. The minimum Gasteiger partial charge on any atom is -0.481 e. The second-order valence-corrected chi connectivity index (χ2v) is 4.11. The third-order valence-corrected chi connectivity index (χ3v) is 3.00. The quantitative estimate of drug-likeness (QED) is 0.791. The van der Waals surface area contributed by atoms with Crippen molar-refractivity contribution in [3.8, 4) is 0 Å². The van der Waals surface area contributed by atoms with E-state index in [1.165, 1.54) is 11.1 Å². The van der Waals surface area contributed by atoms with Gasteiger partial charge in [0.1, 0.15) is 0 Å². The molecule has 1 unspecified atom stereocenters. The summed E-state index contributed by atoms with van der Waals surface area (Å²) in [5.41, 5.74) is 2.46. The molecule has 1 heterocycles. The average Bonchev–Trinajstić information content (AvgIpc) is 2.68. The van der Waals surface area contributed by atoms with Crippen LogP contribution in [-0.4, -0.2) is 33.7 Å². The van der Waals surface area contributed by atoms with Crippen LogP contribution in [0.5, 0.6) is 0 Å². The van der Waals surface area contributed by atoms with Gasteiger partial charge in [0.2, 0.25) is 0 Å². The summed E-state index contributed by atoms with van der Waals surface area (Å²) < 4.78 is 0. The number of aliphatic carboxylic acids is 1. The Balaban J connectivity index is 2.06. The Kier molecular flexibility index (Phi) is 3.22. The number of hydrogen-bond acceptors (Lipinski definition) is 3. The molecule has 0 radical (unpaired) electrons. The van der Waals surface area contributed by atoms with Crippen molar-refractivity contribution >= 4 is 5.97 Å². The Morgan fingerprint density at radius 3 is 2.31 bits per heavy atom. The van der Waals surface area contributed by atoms with E-state index in [0.717, 1.165) is 13.1 Å². The Morgan fingerprint density at radius 2 is 1.88 bits per heavy atom. The third-order valence-electron chi connectivity index (χ3n) is 3.00. The first kappa shape index (κ1) is 11.1. The number of fused-ring (bicyclic) bond motifs is 1. The van der Waals surface area contributed by atoms with Gasteiger partial charge in [-0.3, -0.25) is 9.69 Å². The van der Waals surface area contributed by atoms with Crippen molar-refractivity contribution < 1.29 is 15.0 Å². The van der Waals surface area contributed by atoms with Gasteiger partial charge in [0.25, 0.3) is 0 Å². The van der Waals surface area contributed by atoms with Gasteiger partial charge in [-0.15, -0.1) is 0 Å². The Labute approximate surface area is 94.1 Å². The van der Waals surface area contributed by atoms with E-state index < -0.39 is 5.97 Å². The fourth-order valence-electron chi connectivity index (χ4n) is 2.13. The molecule has 0 aromatic heterocycles. The van der Waals surface area contributed by atoms with Crippen LogP contribution in [0.4, 0.5) is 0 Å². The highest BCUT2D eigenvalue weighted by atomic mass is 16.4. The zero-order chi connectivity index (χ0) is 11.5. The minimum absolute atomic E-state index is 0.00944. The van der Waals surface area contributed by atoms with E-state index in [1.807, 2.05) is 29.2 Å². The van der Waals surface area contributed by atoms with Crippen LogP contribution in [0, 0.1) is 0 Å². The molecule has 0 saturated carbocycles. The SMILES string of the molecule is O=C(O)CC(CO)N1Cc2ccccc2C1. The van der Waals surface area contributed by atoms with Crippen molar-refractivity contribution in [2.75, 3.05) is 6.61 Å². The first-order valence-electron chi connectivity index (χ1n) is 5.34. The summed E-state index contributed by atoms with van der Waals surface area (Å²) in [7, 11) is 0. The van der Waals surface area contributed by atoms with E-state index in [2.05, 4.69) is 0 Å². The van der Waals surface area contributed by atoms with Gasteiger partial charge >= 0.3 is 5.97 Å². The summed E-state index contributed by atoms with van der Waals surface area (Å²) in [5.74, 6) is -0.866. The van der Waals surface area contributed by atoms with E-state index in [4.69, 9.17) is 5.11 Å². The van der Waals surface area contributed by atoms with Gasteiger partial charge in [-0.25, -0.2) is 0 Å². The number of carbonyl (C=O) groups is 1. The van der Waals surface area contributed by atoms with E-state index in [0.29, 0.717) is 0 Å². The van der Waals surface area contributed by atoms with E-state index in [1.54, 1.807) is 0 Å². The molecule has 0 aliphatic carbocycles. The van der Waals surface area contributed by atoms with Gasteiger partial charge in [0.05, 0.1) is 13.0 Å². The second kappa shape index (κ2) is 4.63. The molecule has 1 aliphatic rings. The van der Waals surface area contributed by atoms with Crippen molar-refractivity contribution in [2.24, 2.45) is 0 Å². The predicted octanol–water partition coefficient (Wildman–Crippen LogP) is 0.838. The lowest BCUT2D eigenvalue weighted by molar-refractivity contribution is -0.139. The normalized spacial score (nSPS) is 17.1. The average molecular weight is 221 g/mol. The van der Waals surface area contributed by atoms with Crippen LogP contribution in [0.25, 0.3) is 0 Å². The van der Waals surface area contributed by atoms with Crippen molar-refractivity contribution in [3.05, 3.63) is 35.4 Å². The molecule has 0 amide bonds. The van der Waals surface area contributed by atoms with Crippen LogP contribution in [-0.2, 0) is 17.9 Å². The molecule has 16 heavy (non-hydrogen) atoms. The van der Waals surface area contributed by atoms with Crippen LogP contribution < -0.4 is 0 Å². The number of nitrogens with zero attached hydrogens (tertiary/aromatic N) is 1. The van der Waals surface area contributed by atoms with Crippen molar-refractivity contribution in [1.82, 2.24) is 4.90 Å². The number of aliphatic hydroxyl groups excluding tert-OH is 1. The van der Waals surface area contributed by atoms with Gasteiger partial charge in [0, 0.05) is 19.1 Å². The van der Waals surface area contributed by atoms with Crippen molar-refractivity contribution in [2.45, 2.75) is 25.6 Å². The van der Waals surface area contributed by atoms with Gasteiger partial charge in [-0.1, -0.05) is 24.3 Å². The molecular formula is C12H15NO3. The smallest absolute Gasteiger partial charge is 0.305 e. The molecule has 1 aromatic carbocycles. The van der Waals surface area contributed by atoms with Gasteiger partial charge in [-0.2, -0.15) is 0 Å². The molecule has 0 bridgehead atoms. The van der Waals surface area contributed by atoms with E-state index in [-0.39, 0.29) is 19.1 Å². The monoisotopic (exact) mass is 221 g/mol. The minimum atomic E-state index is -0.866. The second-order valence-electron chi connectivity index (χ2n) is 4.11. The number of benzene rings is 1. The zero-order valence-corrected chi connectivity index (χ0v) is 8.97. The summed E-state index contributed by atoms with van der Waals surface area (Å²) in [6, 6.07) is 7.76. The topological polar surface area (TPSA) is 60.8 Å². The first-order valence-corrected chi connectivity index (χ1v) is 5.34. The summed E-state index contributed by atoms with van der Waals surface area (Å²) >= 11 is 0. The highest BCUT2D eigenvalue weighted by molar-refractivity contribution is 5.67. The Hall–Kier alpha value is -1.39. The van der Waals surface area contributed by atoms with Gasteiger partial charge in [0.15, 0.2) is 0 Å². The van der Waals surface area contributed by atoms with Crippen LogP contribution in [0.1, 0.15) is 17.5 Å². The summed E-state index contributed by atoms with van der Waals surface area (Å²) in [4.78, 5) is 12.7. The fraction of sp³-hybridized carbons (Fsp3) is 0.417. The Bertz CT molecular complexity index is 367. The number of rotatable bonds is 4. The lowest BCUT2D eigenvalue weighted by Gasteiger charge is -2.23. The maximum atomic E-state index is 10.7. The highest BCUT2D eigenvalue weighted by Crippen LogP contribution is 2.24. The van der Waals surface area contributed by atoms with Crippen LogP contribution in [0.2, 0.25) is 0 Å². The lowest BCUT2D eigenvalue weighted by Crippen LogP contribution is -2.35. The zero-order valence-electron chi connectivity index (χ0n) is 8.97. The van der Waals surface area contributed by atoms with Gasteiger partial charge in [-0.05, 0) is 11.1 Å². The number of carboxylic acid groups (broad SMARTS) is 1. The largest absolute Gasteiger partial charge is 0.481 e. The molecule has 1 aliphatic heterocycles. The molecule has 2 N–H and O–H groups in total. The molecule has 1 aromatic rings. The maximum Gasteiger partial charge on any atom is 0.305 e. The molecule has 1 atom stereocenters. The first-order chi connectivity index (χ1) is 7.70. The van der Waals surface area contributed by atoms with Crippen molar-refractivity contribution in [1.29, 1.82) is 0 Å². The summed E-state index contributed by atoms with van der Waals surface area (Å²) in [5, 5.41) is 18.0. The van der Waals surface area contributed by atoms with Crippen LogP contribution in [0.15, 0.2) is 24.3 Å². The van der Waals surface area contributed by atoms with Crippen LogP contribution >= 0.6 is 0 Å². The molecule has 2 rings (SSSR count). The number of hydrogen-bond donors (Lipinski definition) is 2. The molecule has 0 fully saturated rings. The Morgan fingerprint density at radius 1 is 1.31 bits per heavy atom. The van der Waals surface area contributed by atoms with Crippen molar-refractivity contribution in [3.63, 3.8) is 0 Å². The number of aliphatic hydroxyl groups is 1. The standard InChI is InChI=1S/C12H15NO3/c14-8-11(5-12(15)16)13-6-9-3-1-2-4-10(9)7-13/h1-4,11,14H,5-8H2,(H,15,16). The lowest BCUT2D eigenvalue weighted by atomic mass is 10.1. The molecular weight excluding hydrogens is 206 g/mol. The maximum absolute atomic E-state index is 10.7.